The molecule has 0 heterocycles. The lowest BCUT2D eigenvalue weighted by molar-refractivity contribution is -0.918. The predicted octanol–water partition coefficient (Wildman–Crippen LogP) is 0.723. The highest BCUT2D eigenvalue weighted by Crippen LogP contribution is 2.01. The Morgan fingerprint density at radius 3 is 0.882 bits per heavy atom. The number of hydrogen-bond donors (Lipinski definition) is 2. The van der Waals surface area contributed by atoms with Crippen molar-refractivity contribution < 1.29 is 24.7 Å². The number of rotatable bonds is 4. The summed E-state index contributed by atoms with van der Waals surface area (Å²) in [6, 6.07) is 0. The summed E-state index contributed by atoms with van der Waals surface area (Å²) in [5.41, 5.74) is 0. The highest BCUT2D eigenvalue weighted by atomic mass is 16.3. The first-order valence-corrected chi connectivity index (χ1v) is 5.95. The van der Waals surface area contributed by atoms with Crippen LogP contribution in [0.1, 0.15) is 26.7 Å². The summed E-state index contributed by atoms with van der Waals surface area (Å²) in [6.45, 7) is 3.96. The molecular weight excluding hydrogens is 220 g/mol. The van der Waals surface area contributed by atoms with E-state index in [-0.39, 0.29) is 17.9 Å². The topological polar surface area (TPSA) is 69.0 Å². The first-order chi connectivity index (χ1) is 6.96. The Balaban J connectivity index is -0.000000218. The second-order valence-electron chi connectivity index (χ2n) is 6.01. The lowest BCUT2D eigenvalue weighted by Crippen LogP contribution is -2.44. The standard InChI is InChI=1S/2C6H16NO.O/c2*1-5-6(8)7(2,3)4;/h2*6,8H,5H2,1-4H3;/q2*+1;-2. The molecule has 0 aliphatic rings. The Morgan fingerprint density at radius 1 is 0.706 bits per heavy atom. The molecule has 0 radical (unpaired) electrons. The Labute approximate surface area is 107 Å². The smallest absolute Gasteiger partial charge is 0.189 e. The number of quaternary nitrogens is 2. The van der Waals surface area contributed by atoms with Crippen LogP contribution in [0.4, 0.5) is 0 Å². The number of aliphatic hydroxyl groups excluding tert-OH is 2. The molecule has 0 aromatic heterocycles. The van der Waals surface area contributed by atoms with Crippen molar-refractivity contribution >= 4 is 0 Å². The molecule has 0 fully saturated rings. The number of aliphatic hydroxyl groups is 2. The first kappa shape index (κ1) is 22.0. The van der Waals surface area contributed by atoms with Crippen LogP contribution < -0.4 is 0 Å². The van der Waals surface area contributed by atoms with Gasteiger partial charge in [-0.05, 0) is 0 Å². The maximum absolute atomic E-state index is 9.17. The minimum atomic E-state index is -0.213. The SMILES string of the molecule is CCC(O)[N+](C)(C)C.CCC(O)[N+](C)(C)C.[O-2]. The van der Waals surface area contributed by atoms with E-state index < -0.39 is 0 Å². The van der Waals surface area contributed by atoms with Crippen LogP contribution in [-0.4, -0.2) is 73.9 Å². The van der Waals surface area contributed by atoms with Gasteiger partial charge in [-0.2, -0.15) is 0 Å². The molecule has 0 rings (SSSR count). The summed E-state index contributed by atoms with van der Waals surface area (Å²) < 4.78 is 1.27. The first-order valence-electron chi connectivity index (χ1n) is 5.95. The van der Waals surface area contributed by atoms with Gasteiger partial charge in [0.05, 0.1) is 42.3 Å². The van der Waals surface area contributed by atoms with E-state index in [0.29, 0.717) is 8.97 Å². The third-order valence-electron chi connectivity index (χ3n) is 2.52. The van der Waals surface area contributed by atoms with Gasteiger partial charge in [0, 0.05) is 12.8 Å². The van der Waals surface area contributed by atoms with Crippen LogP contribution in [0.3, 0.4) is 0 Å². The molecule has 0 aromatic rings. The zero-order chi connectivity index (χ0) is 13.6. The van der Waals surface area contributed by atoms with Gasteiger partial charge in [0.1, 0.15) is 0 Å². The van der Waals surface area contributed by atoms with E-state index in [4.69, 9.17) is 10.2 Å². The van der Waals surface area contributed by atoms with Crippen molar-refractivity contribution in [3.63, 3.8) is 0 Å². The fraction of sp³-hybridized carbons (Fsp3) is 1.00. The number of hydrogen-bond acceptors (Lipinski definition) is 2. The highest BCUT2D eigenvalue weighted by molar-refractivity contribution is 4.31. The van der Waals surface area contributed by atoms with Crippen molar-refractivity contribution in [1.82, 2.24) is 0 Å². The molecule has 2 atom stereocenters. The van der Waals surface area contributed by atoms with Gasteiger partial charge in [0.15, 0.2) is 12.5 Å². The van der Waals surface area contributed by atoms with E-state index in [1.165, 1.54) is 0 Å². The molecule has 0 amide bonds. The highest BCUT2D eigenvalue weighted by Gasteiger charge is 2.17. The summed E-state index contributed by atoms with van der Waals surface area (Å²) in [6.07, 6.45) is 1.22. The summed E-state index contributed by atoms with van der Waals surface area (Å²) in [7, 11) is 11.9. The van der Waals surface area contributed by atoms with Crippen molar-refractivity contribution in [2.24, 2.45) is 0 Å². The fourth-order valence-corrected chi connectivity index (χ4v) is 1.10. The van der Waals surface area contributed by atoms with Crippen molar-refractivity contribution in [1.29, 1.82) is 0 Å². The minimum Gasteiger partial charge on any atom is -2.00 e. The molecule has 0 saturated carbocycles. The van der Waals surface area contributed by atoms with Gasteiger partial charge in [-0.15, -0.1) is 0 Å². The van der Waals surface area contributed by atoms with E-state index in [1.54, 1.807) is 0 Å². The zero-order valence-corrected chi connectivity index (χ0v) is 12.8. The Bertz CT molecular complexity index is 154. The normalized spacial score (nSPS) is 15.2. The monoisotopic (exact) mass is 252 g/mol. The molecule has 17 heavy (non-hydrogen) atoms. The molecule has 5 nitrogen and oxygen atoms in total. The van der Waals surface area contributed by atoms with Crippen LogP contribution in [0.5, 0.6) is 0 Å². The van der Waals surface area contributed by atoms with Gasteiger partial charge in [0.2, 0.25) is 0 Å². The van der Waals surface area contributed by atoms with E-state index in [0.717, 1.165) is 12.8 Å². The lowest BCUT2D eigenvalue weighted by Gasteiger charge is -2.28. The van der Waals surface area contributed by atoms with Gasteiger partial charge >= 0.3 is 0 Å². The molecule has 2 unspecified atom stereocenters. The van der Waals surface area contributed by atoms with Gasteiger partial charge in [0.25, 0.3) is 0 Å². The van der Waals surface area contributed by atoms with Crippen LogP contribution in [0.25, 0.3) is 0 Å². The third-order valence-corrected chi connectivity index (χ3v) is 2.52. The molecule has 5 heteroatoms. The maximum atomic E-state index is 9.17. The molecule has 0 saturated heterocycles. The van der Waals surface area contributed by atoms with E-state index in [9.17, 15) is 0 Å². The molecular formula is C12H32N2O3. The van der Waals surface area contributed by atoms with Crippen LogP contribution in [0.15, 0.2) is 0 Å². The van der Waals surface area contributed by atoms with Gasteiger partial charge in [-0.25, -0.2) is 0 Å². The van der Waals surface area contributed by atoms with Crippen molar-refractivity contribution in [2.75, 3.05) is 42.3 Å². The van der Waals surface area contributed by atoms with Crippen LogP contribution in [-0.2, 0) is 5.48 Å². The predicted molar refractivity (Wildman–Crippen MR) is 69.3 cm³/mol. The molecule has 108 valence electrons. The second kappa shape index (κ2) is 8.83. The average Bonchev–Trinajstić information content (AvgIpc) is 2.13. The van der Waals surface area contributed by atoms with Gasteiger partial charge < -0.3 is 24.7 Å². The van der Waals surface area contributed by atoms with Gasteiger partial charge in [-0.3, -0.25) is 0 Å². The quantitative estimate of drug-likeness (QED) is 0.572. The van der Waals surface area contributed by atoms with E-state index in [1.807, 2.05) is 56.1 Å². The Kier molecular flexibility index (Phi) is 11.4. The van der Waals surface area contributed by atoms with E-state index in [2.05, 4.69) is 0 Å². The van der Waals surface area contributed by atoms with E-state index >= 15 is 0 Å². The lowest BCUT2D eigenvalue weighted by atomic mass is 10.4. The van der Waals surface area contributed by atoms with Crippen LogP contribution in [0, 0.1) is 0 Å². The molecule has 2 N–H and O–H groups in total. The Hall–Kier alpha value is -0.200. The molecule has 0 spiro atoms. The zero-order valence-electron chi connectivity index (χ0n) is 12.8. The van der Waals surface area contributed by atoms with Crippen LogP contribution in [0.2, 0.25) is 0 Å². The number of nitrogens with zero attached hydrogens (tertiary/aromatic N) is 2. The maximum Gasteiger partial charge on any atom is 0.189 e. The summed E-state index contributed by atoms with van der Waals surface area (Å²) in [5, 5.41) is 18.3. The minimum absolute atomic E-state index is 0. The fourth-order valence-electron chi connectivity index (χ4n) is 1.10. The van der Waals surface area contributed by atoms with Crippen molar-refractivity contribution in [3.05, 3.63) is 0 Å². The van der Waals surface area contributed by atoms with Crippen molar-refractivity contribution in [3.8, 4) is 0 Å². The molecule has 0 aromatic carbocycles. The summed E-state index contributed by atoms with van der Waals surface area (Å²) in [4.78, 5) is 0. The second-order valence-corrected chi connectivity index (χ2v) is 6.01. The third kappa shape index (κ3) is 12.1. The van der Waals surface area contributed by atoms with Crippen LogP contribution >= 0.6 is 0 Å². The Morgan fingerprint density at radius 2 is 0.882 bits per heavy atom. The summed E-state index contributed by atoms with van der Waals surface area (Å²) in [5.74, 6) is 0. The largest absolute Gasteiger partial charge is 2.00 e. The molecule has 0 bridgehead atoms. The molecule has 0 aliphatic carbocycles. The summed E-state index contributed by atoms with van der Waals surface area (Å²) >= 11 is 0. The van der Waals surface area contributed by atoms with Gasteiger partial charge in [-0.1, -0.05) is 13.8 Å². The van der Waals surface area contributed by atoms with Crippen molar-refractivity contribution in [2.45, 2.75) is 39.1 Å². The average molecular weight is 252 g/mol. The molecule has 0 aliphatic heterocycles.